The molecule has 0 saturated carbocycles. The summed E-state index contributed by atoms with van der Waals surface area (Å²) in [6.07, 6.45) is 4.97. The van der Waals surface area contributed by atoms with E-state index >= 15 is 0 Å². The van der Waals surface area contributed by atoms with Crippen LogP contribution in [-0.4, -0.2) is 12.1 Å². The van der Waals surface area contributed by atoms with Gasteiger partial charge < -0.3 is 0 Å². The molecular weight excluding hydrogens is 112 g/mol. The van der Waals surface area contributed by atoms with Gasteiger partial charge >= 0.3 is 0 Å². The molecule has 0 atom stereocenters. The largest absolute Gasteiger partial charge is 0.289 e. The third-order valence-corrected chi connectivity index (χ3v) is 0.912. The molecule has 0 saturated heterocycles. The Kier molecular flexibility index (Phi) is 2.78. The lowest BCUT2D eigenvalue weighted by Crippen LogP contribution is -2.37. The second-order valence-corrected chi connectivity index (χ2v) is 2.29. The highest BCUT2D eigenvalue weighted by molar-refractivity contribution is 5.02. The predicted octanol–water partition coefficient (Wildman–Crippen LogP) is 0.511. The zero-order valence-corrected chi connectivity index (χ0v) is 5.73. The molecule has 0 radical (unpaired) electrons. The van der Waals surface area contributed by atoms with Crippen molar-refractivity contribution in [1.29, 1.82) is 5.26 Å². The Morgan fingerprint density at radius 1 is 1.67 bits per heavy atom. The first-order valence-electron chi connectivity index (χ1n) is 2.72. The van der Waals surface area contributed by atoms with Gasteiger partial charge in [-0.15, -0.1) is 6.42 Å². The average Bonchev–Trinajstić information content (AvgIpc) is 1.84. The summed E-state index contributed by atoms with van der Waals surface area (Å²) in [7, 11) is 0. The molecule has 0 amide bonds. The Morgan fingerprint density at radius 2 is 2.22 bits per heavy atom. The van der Waals surface area contributed by atoms with E-state index in [1.54, 1.807) is 13.8 Å². The average molecular weight is 122 g/mol. The molecule has 0 aliphatic carbocycles. The first kappa shape index (κ1) is 8.01. The topological polar surface area (TPSA) is 35.8 Å². The van der Waals surface area contributed by atoms with Crippen molar-refractivity contribution >= 4 is 0 Å². The van der Waals surface area contributed by atoms with E-state index in [1.165, 1.54) is 0 Å². The van der Waals surface area contributed by atoms with E-state index < -0.39 is 5.54 Å². The van der Waals surface area contributed by atoms with Gasteiger partial charge in [-0.3, -0.25) is 5.32 Å². The third kappa shape index (κ3) is 3.58. The lowest BCUT2D eigenvalue weighted by molar-refractivity contribution is 0.520. The molecule has 0 aliphatic heterocycles. The highest BCUT2D eigenvalue weighted by Crippen LogP contribution is 1.96. The van der Waals surface area contributed by atoms with Gasteiger partial charge in [-0.2, -0.15) is 5.26 Å². The van der Waals surface area contributed by atoms with E-state index in [-0.39, 0.29) is 0 Å². The summed E-state index contributed by atoms with van der Waals surface area (Å²) in [5, 5.41) is 11.3. The summed E-state index contributed by atoms with van der Waals surface area (Å²) >= 11 is 0. The minimum atomic E-state index is -0.494. The lowest BCUT2D eigenvalue weighted by atomic mass is 10.1. The van der Waals surface area contributed by atoms with E-state index in [9.17, 15) is 0 Å². The maximum absolute atomic E-state index is 8.44. The molecule has 0 aliphatic rings. The SMILES string of the molecule is C#CCNC(C)(C)C#N. The maximum Gasteiger partial charge on any atom is 0.101 e. The fourth-order valence-corrected chi connectivity index (χ4v) is 0.312. The van der Waals surface area contributed by atoms with E-state index in [0.29, 0.717) is 6.54 Å². The van der Waals surface area contributed by atoms with Crippen LogP contribution in [0.1, 0.15) is 13.8 Å². The van der Waals surface area contributed by atoms with E-state index in [2.05, 4.69) is 17.3 Å². The monoisotopic (exact) mass is 122 g/mol. The molecule has 0 spiro atoms. The summed E-state index contributed by atoms with van der Waals surface area (Å²) in [4.78, 5) is 0. The van der Waals surface area contributed by atoms with Gasteiger partial charge in [0.2, 0.25) is 0 Å². The van der Waals surface area contributed by atoms with Gasteiger partial charge in [0.1, 0.15) is 5.54 Å². The van der Waals surface area contributed by atoms with E-state index in [0.717, 1.165) is 0 Å². The molecule has 0 fully saturated rings. The number of nitrogens with one attached hydrogen (secondary N) is 1. The molecule has 1 N–H and O–H groups in total. The van der Waals surface area contributed by atoms with Crippen molar-refractivity contribution in [2.45, 2.75) is 19.4 Å². The highest BCUT2D eigenvalue weighted by Gasteiger charge is 2.12. The van der Waals surface area contributed by atoms with Gasteiger partial charge in [-0.1, -0.05) is 5.92 Å². The molecule has 2 nitrogen and oxygen atoms in total. The van der Waals surface area contributed by atoms with Crippen LogP contribution in [-0.2, 0) is 0 Å². The van der Waals surface area contributed by atoms with Crippen LogP contribution in [0.5, 0.6) is 0 Å². The molecular formula is C7H10N2. The maximum atomic E-state index is 8.44. The summed E-state index contributed by atoms with van der Waals surface area (Å²) in [5.74, 6) is 2.40. The van der Waals surface area contributed by atoms with E-state index in [4.69, 9.17) is 11.7 Å². The molecule has 0 unspecified atom stereocenters. The minimum Gasteiger partial charge on any atom is -0.289 e. The summed E-state index contributed by atoms with van der Waals surface area (Å²) in [6, 6.07) is 2.07. The number of hydrogen-bond donors (Lipinski definition) is 1. The van der Waals surface area contributed by atoms with Crippen molar-refractivity contribution in [2.75, 3.05) is 6.54 Å². The quantitative estimate of drug-likeness (QED) is 0.542. The van der Waals surface area contributed by atoms with Crippen LogP contribution in [0.2, 0.25) is 0 Å². The Hall–Kier alpha value is -0.990. The van der Waals surface area contributed by atoms with Crippen molar-refractivity contribution < 1.29 is 0 Å². The zero-order chi connectivity index (χ0) is 7.33. The molecule has 0 aromatic carbocycles. The fraction of sp³-hybridized carbons (Fsp3) is 0.571. The molecule has 0 aromatic rings. The first-order valence-corrected chi connectivity index (χ1v) is 2.72. The molecule has 0 rings (SSSR count). The van der Waals surface area contributed by atoms with Gasteiger partial charge in [-0.25, -0.2) is 0 Å². The summed E-state index contributed by atoms with van der Waals surface area (Å²) in [6.45, 7) is 4.01. The second kappa shape index (κ2) is 3.12. The van der Waals surface area contributed by atoms with Gasteiger partial charge in [0.05, 0.1) is 12.6 Å². The molecule has 2 heteroatoms. The molecule has 0 bridgehead atoms. The lowest BCUT2D eigenvalue weighted by Gasteiger charge is -2.14. The first-order chi connectivity index (χ1) is 4.12. The van der Waals surface area contributed by atoms with Gasteiger partial charge in [-0.05, 0) is 13.8 Å². The Labute approximate surface area is 55.9 Å². The number of rotatable bonds is 2. The molecule has 0 heterocycles. The van der Waals surface area contributed by atoms with Crippen LogP contribution in [0.25, 0.3) is 0 Å². The van der Waals surface area contributed by atoms with Gasteiger partial charge in [0.15, 0.2) is 0 Å². The standard InChI is InChI=1S/C7H10N2/c1-4-5-9-7(2,3)6-8/h1,9H,5H2,2-3H3. The van der Waals surface area contributed by atoms with Crippen molar-refractivity contribution in [3.05, 3.63) is 0 Å². The second-order valence-electron chi connectivity index (χ2n) is 2.29. The summed E-state index contributed by atoms with van der Waals surface area (Å²) in [5.41, 5.74) is -0.494. The van der Waals surface area contributed by atoms with Crippen LogP contribution in [0.15, 0.2) is 0 Å². The minimum absolute atomic E-state index is 0.445. The molecule has 0 aromatic heterocycles. The van der Waals surface area contributed by atoms with Crippen LogP contribution in [0.3, 0.4) is 0 Å². The zero-order valence-electron chi connectivity index (χ0n) is 5.73. The van der Waals surface area contributed by atoms with Crippen LogP contribution in [0.4, 0.5) is 0 Å². The number of terminal acetylenes is 1. The predicted molar refractivity (Wildman–Crippen MR) is 36.5 cm³/mol. The van der Waals surface area contributed by atoms with Crippen molar-refractivity contribution in [1.82, 2.24) is 5.32 Å². The molecule has 48 valence electrons. The van der Waals surface area contributed by atoms with Crippen LogP contribution < -0.4 is 5.32 Å². The normalized spacial score (nSPS) is 9.78. The van der Waals surface area contributed by atoms with Crippen LogP contribution >= 0.6 is 0 Å². The van der Waals surface area contributed by atoms with Gasteiger partial charge in [0.25, 0.3) is 0 Å². The Balaban J connectivity index is 3.65. The molecule has 9 heavy (non-hydrogen) atoms. The van der Waals surface area contributed by atoms with Crippen LogP contribution in [0, 0.1) is 23.7 Å². The smallest absolute Gasteiger partial charge is 0.101 e. The van der Waals surface area contributed by atoms with Crippen molar-refractivity contribution in [3.63, 3.8) is 0 Å². The number of hydrogen-bond acceptors (Lipinski definition) is 2. The van der Waals surface area contributed by atoms with E-state index in [1.807, 2.05) is 0 Å². The third-order valence-electron chi connectivity index (χ3n) is 0.912. The fourth-order valence-electron chi connectivity index (χ4n) is 0.312. The number of nitriles is 1. The van der Waals surface area contributed by atoms with Gasteiger partial charge in [0, 0.05) is 0 Å². The Morgan fingerprint density at radius 3 is 2.56 bits per heavy atom. The van der Waals surface area contributed by atoms with Crippen molar-refractivity contribution in [3.8, 4) is 18.4 Å². The summed E-state index contributed by atoms with van der Waals surface area (Å²) < 4.78 is 0. The number of nitrogens with zero attached hydrogens (tertiary/aromatic N) is 1. The Bertz CT molecular complexity index is 157. The highest BCUT2D eigenvalue weighted by atomic mass is 14.9. The van der Waals surface area contributed by atoms with Crippen molar-refractivity contribution in [2.24, 2.45) is 0 Å².